The molecular formula is C11H17NO. The van der Waals surface area contributed by atoms with Crippen LogP contribution in [0.15, 0.2) is 24.3 Å². The summed E-state index contributed by atoms with van der Waals surface area (Å²) in [4.78, 5) is 0. The van der Waals surface area contributed by atoms with E-state index in [2.05, 4.69) is 31.2 Å². The van der Waals surface area contributed by atoms with Crippen LogP contribution in [0.3, 0.4) is 0 Å². The zero-order valence-corrected chi connectivity index (χ0v) is 8.29. The maximum Gasteiger partial charge on any atom is 0.0943 e. The van der Waals surface area contributed by atoms with Crippen molar-refractivity contribution < 1.29 is 4.74 Å². The summed E-state index contributed by atoms with van der Waals surface area (Å²) in [6, 6.07) is 8.41. The van der Waals surface area contributed by atoms with Crippen molar-refractivity contribution >= 4 is 0 Å². The second kappa shape index (κ2) is 5.00. The first-order valence-corrected chi connectivity index (χ1v) is 4.63. The van der Waals surface area contributed by atoms with E-state index in [4.69, 9.17) is 10.5 Å². The predicted molar refractivity (Wildman–Crippen MR) is 54.6 cm³/mol. The maximum absolute atomic E-state index is 5.56. The Bertz CT molecular complexity index is 239. The van der Waals surface area contributed by atoms with Crippen molar-refractivity contribution in [3.8, 4) is 0 Å². The zero-order valence-electron chi connectivity index (χ0n) is 8.29. The predicted octanol–water partition coefficient (Wildman–Crippen LogP) is 1.90. The molecule has 1 atom stereocenters. The number of hydrogen-bond donors (Lipinski definition) is 1. The van der Waals surface area contributed by atoms with Crippen LogP contribution in [0.2, 0.25) is 0 Å². The summed E-state index contributed by atoms with van der Waals surface area (Å²) in [6.45, 7) is 2.67. The van der Waals surface area contributed by atoms with E-state index in [1.807, 2.05) is 0 Å². The summed E-state index contributed by atoms with van der Waals surface area (Å²) in [7, 11) is 1.69. The lowest BCUT2D eigenvalue weighted by atomic mass is 10.1. The van der Waals surface area contributed by atoms with Gasteiger partial charge in [-0.1, -0.05) is 31.2 Å². The fraction of sp³-hybridized carbons (Fsp3) is 0.455. The molecule has 1 rings (SSSR count). The van der Waals surface area contributed by atoms with Gasteiger partial charge in [0.1, 0.15) is 0 Å². The van der Waals surface area contributed by atoms with Crippen LogP contribution < -0.4 is 5.73 Å². The highest BCUT2D eigenvalue weighted by molar-refractivity contribution is 5.24. The Balaban J connectivity index is 2.78. The van der Waals surface area contributed by atoms with Crippen LogP contribution in [0.4, 0.5) is 0 Å². The molecule has 1 aromatic rings. The Morgan fingerprint density at radius 1 is 1.31 bits per heavy atom. The Hall–Kier alpha value is -0.860. The Morgan fingerprint density at radius 2 is 1.92 bits per heavy atom. The van der Waals surface area contributed by atoms with Crippen LogP contribution in [0.1, 0.15) is 24.2 Å². The van der Waals surface area contributed by atoms with Crippen molar-refractivity contribution in [3.63, 3.8) is 0 Å². The van der Waals surface area contributed by atoms with Gasteiger partial charge in [0.25, 0.3) is 0 Å². The van der Waals surface area contributed by atoms with E-state index >= 15 is 0 Å². The number of methoxy groups -OCH3 is 1. The molecule has 0 aliphatic carbocycles. The second-order valence-electron chi connectivity index (χ2n) is 3.06. The minimum atomic E-state index is 0.0332. The average molecular weight is 179 g/mol. The van der Waals surface area contributed by atoms with E-state index in [9.17, 15) is 0 Å². The van der Waals surface area contributed by atoms with Gasteiger partial charge in [-0.15, -0.1) is 0 Å². The average Bonchev–Trinajstić information content (AvgIpc) is 2.21. The molecule has 0 bridgehead atoms. The third-order valence-electron chi connectivity index (χ3n) is 2.26. The van der Waals surface area contributed by atoms with Gasteiger partial charge in [-0.2, -0.15) is 0 Å². The lowest BCUT2D eigenvalue weighted by molar-refractivity contribution is 0.110. The molecule has 2 N–H and O–H groups in total. The number of rotatable bonds is 4. The molecule has 1 aromatic carbocycles. The highest BCUT2D eigenvalue weighted by Gasteiger charge is 2.06. The standard InChI is InChI=1S/C11H17NO/c1-3-9-4-6-10(7-5-9)11(8-12)13-2/h4-7,11H,3,8,12H2,1-2H3/t11-/m1/s1. The summed E-state index contributed by atoms with van der Waals surface area (Å²) in [5.41, 5.74) is 8.06. The molecule has 0 spiro atoms. The molecule has 0 radical (unpaired) electrons. The topological polar surface area (TPSA) is 35.2 Å². The monoisotopic (exact) mass is 179 g/mol. The van der Waals surface area contributed by atoms with Crippen molar-refractivity contribution in [1.29, 1.82) is 0 Å². The molecule has 2 nitrogen and oxygen atoms in total. The van der Waals surface area contributed by atoms with Gasteiger partial charge in [0.05, 0.1) is 6.10 Å². The van der Waals surface area contributed by atoms with E-state index in [1.165, 1.54) is 5.56 Å². The van der Waals surface area contributed by atoms with E-state index in [-0.39, 0.29) is 6.10 Å². The Labute approximate surface area is 79.7 Å². The number of ether oxygens (including phenoxy) is 1. The lowest BCUT2D eigenvalue weighted by Crippen LogP contribution is -2.13. The van der Waals surface area contributed by atoms with Crippen LogP contribution in [0.5, 0.6) is 0 Å². The second-order valence-corrected chi connectivity index (χ2v) is 3.06. The summed E-state index contributed by atoms with van der Waals surface area (Å²) >= 11 is 0. The molecule has 0 saturated heterocycles. The molecule has 0 aromatic heterocycles. The molecule has 0 unspecified atom stereocenters. The van der Waals surface area contributed by atoms with E-state index in [1.54, 1.807) is 7.11 Å². The van der Waals surface area contributed by atoms with Crippen molar-refractivity contribution in [3.05, 3.63) is 35.4 Å². The number of benzene rings is 1. The number of hydrogen-bond acceptors (Lipinski definition) is 2. The molecule has 0 heterocycles. The van der Waals surface area contributed by atoms with Crippen LogP contribution in [-0.4, -0.2) is 13.7 Å². The van der Waals surface area contributed by atoms with E-state index in [0.29, 0.717) is 6.54 Å². The van der Waals surface area contributed by atoms with Crippen molar-refractivity contribution in [2.45, 2.75) is 19.4 Å². The highest BCUT2D eigenvalue weighted by atomic mass is 16.5. The van der Waals surface area contributed by atoms with Crippen molar-refractivity contribution in [2.75, 3.05) is 13.7 Å². The van der Waals surface area contributed by atoms with E-state index in [0.717, 1.165) is 12.0 Å². The van der Waals surface area contributed by atoms with Crippen LogP contribution >= 0.6 is 0 Å². The fourth-order valence-corrected chi connectivity index (χ4v) is 1.34. The Morgan fingerprint density at radius 3 is 2.31 bits per heavy atom. The maximum atomic E-state index is 5.56. The summed E-state index contributed by atoms with van der Waals surface area (Å²) < 4.78 is 5.23. The first kappa shape index (κ1) is 10.2. The zero-order chi connectivity index (χ0) is 9.68. The number of aryl methyl sites for hydroxylation is 1. The van der Waals surface area contributed by atoms with Gasteiger partial charge in [0.15, 0.2) is 0 Å². The van der Waals surface area contributed by atoms with Gasteiger partial charge in [0, 0.05) is 13.7 Å². The van der Waals surface area contributed by atoms with Gasteiger partial charge in [-0.05, 0) is 17.5 Å². The van der Waals surface area contributed by atoms with Gasteiger partial charge >= 0.3 is 0 Å². The molecule has 0 aliphatic heterocycles. The van der Waals surface area contributed by atoms with Crippen molar-refractivity contribution in [1.82, 2.24) is 0 Å². The smallest absolute Gasteiger partial charge is 0.0943 e. The Kier molecular flexibility index (Phi) is 3.93. The summed E-state index contributed by atoms with van der Waals surface area (Å²) in [5.74, 6) is 0. The minimum Gasteiger partial charge on any atom is -0.375 e. The molecule has 0 aliphatic rings. The highest BCUT2D eigenvalue weighted by Crippen LogP contribution is 2.15. The lowest BCUT2D eigenvalue weighted by Gasteiger charge is -2.13. The molecule has 2 heteroatoms. The normalized spacial score (nSPS) is 12.8. The molecular weight excluding hydrogens is 162 g/mol. The third-order valence-corrected chi connectivity index (χ3v) is 2.26. The molecule has 72 valence electrons. The van der Waals surface area contributed by atoms with Gasteiger partial charge in [-0.3, -0.25) is 0 Å². The van der Waals surface area contributed by atoms with Crippen LogP contribution in [-0.2, 0) is 11.2 Å². The molecule has 0 fully saturated rings. The van der Waals surface area contributed by atoms with Gasteiger partial charge in [0.2, 0.25) is 0 Å². The summed E-state index contributed by atoms with van der Waals surface area (Å²) in [5, 5.41) is 0. The SMILES string of the molecule is CCc1ccc([C@@H](CN)OC)cc1. The first-order chi connectivity index (χ1) is 6.31. The third kappa shape index (κ3) is 2.54. The molecule has 0 amide bonds. The largest absolute Gasteiger partial charge is 0.375 e. The van der Waals surface area contributed by atoms with E-state index < -0.39 is 0 Å². The fourth-order valence-electron chi connectivity index (χ4n) is 1.34. The quantitative estimate of drug-likeness (QED) is 0.766. The summed E-state index contributed by atoms with van der Waals surface area (Å²) in [6.07, 6.45) is 1.10. The first-order valence-electron chi connectivity index (χ1n) is 4.63. The van der Waals surface area contributed by atoms with Gasteiger partial charge in [-0.25, -0.2) is 0 Å². The number of nitrogens with two attached hydrogens (primary N) is 1. The van der Waals surface area contributed by atoms with Crippen LogP contribution in [0.25, 0.3) is 0 Å². The minimum absolute atomic E-state index is 0.0332. The van der Waals surface area contributed by atoms with Gasteiger partial charge < -0.3 is 10.5 Å². The van der Waals surface area contributed by atoms with Crippen LogP contribution in [0, 0.1) is 0 Å². The molecule has 0 saturated carbocycles. The van der Waals surface area contributed by atoms with Crippen molar-refractivity contribution in [2.24, 2.45) is 5.73 Å². The molecule has 13 heavy (non-hydrogen) atoms.